The normalized spacial score (nSPS) is 10.6. The van der Waals surface area contributed by atoms with E-state index in [1.807, 2.05) is 20.8 Å². The molecule has 1 rings (SSSR count). The largest absolute Gasteiger partial charge is 0.491 e. The van der Waals surface area contributed by atoms with E-state index in [2.05, 4.69) is 0 Å². The fraction of sp³-hybridized carbons (Fsp3) is 0.500. The van der Waals surface area contributed by atoms with Gasteiger partial charge in [0.1, 0.15) is 11.5 Å². The van der Waals surface area contributed by atoms with Gasteiger partial charge in [-0.1, -0.05) is 0 Å². The molecule has 20 heavy (non-hydrogen) atoms. The molecule has 1 aromatic rings. The molecule has 4 heteroatoms. The Balaban J connectivity index is 2.49. The quantitative estimate of drug-likeness (QED) is 0.396. The van der Waals surface area contributed by atoms with E-state index >= 15 is 0 Å². The van der Waals surface area contributed by atoms with Crippen molar-refractivity contribution in [2.45, 2.75) is 39.7 Å². The Morgan fingerprint density at radius 2 is 1.80 bits per heavy atom. The van der Waals surface area contributed by atoms with E-state index in [0.29, 0.717) is 18.8 Å². The van der Waals surface area contributed by atoms with E-state index in [1.165, 1.54) is 0 Å². The van der Waals surface area contributed by atoms with Crippen LogP contribution in [0, 0.1) is 0 Å². The first-order chi connectivity index (χ1) is 9.52. The summed E-state index contributed by atoms with van der Waals surface area (Å²) in [6.07, 6.45) is 0.308. The van der Waals surface area contributed by atoms with Gasteiger partial charge in [0.25, 0.3) is 0 Å². The molecule has 0 heterocycles. The molecule has 0 atom stereocenters. The van der Waals surface area contributed by atoms with Gasteiger partial charge in [0, 0.05) is 18.6 Å². The molecular formula is C16H22O4. The highest BCUT2D eigenvalue weighted by atomic mass is 16.5. The van der Waals surface area contributed by atoms with Gasteiger partial charge < -0.3 is 9.47 Å². The van der Waals surface area contributed by atoms with Crippen LogP contribution < -0.4 is 4.74 Å². The van der Waals surface area contributed by atoms with Crippen molar-refractivity contribution >= 4 is 11.6 Å². The van der Waals surface area contributed by atoms with Crippen LogP contribution in [0.2, 0.25) is 0 Å². The van der Waals surface area contributed by atoms with Gasteiger partial charge in [0.15, 0.2) is 5.78 Å². The minimum absolute atomic E-state index is 0.0720. The molecule has 0 aliphatic carbocycles. The molecule has 0 unspecified atom stereocenters. The second kappa shape index (κ2) is 8.48. The maximum absolute atomic E-state index is 11.9. The lowest BCUT2D eigenvalue weighted by Crippen LogP contribution is -2.11. The van der Waals surface area contributed by atoms with Crippen molar-refractivity contribution < 1.29 is 19.1 Å². The average Bonchev–Trinajstić information content (AvgIpc) is 2.39. The molecule has 0 bridgehead atoms. The summed E-state index contributed by atoms with van der Waals surface area (Å²) in [5, 5.41) is 0. The third-order valence-electron chi connectivity index (χ3n) is 2.64. The second-order valence-corrected chi connectivity index (χ2v) is 4.78. The van der Waals surface area contributed by atoms with Crippen molar-refractivity contribution in [3.8, 4) is 5.75 Å². The number of carbonyl (C=O) groups excluding carboxylic acids is 2. The first-order valence-electron chi connectivity index (χ1n) is 6.92. The molecule has 1 aromatic carbocycles. The van der Waals surface area contributed by atoms with Crippen LogP contribution in [0.4, 0.5) is 0 Å². The molecule has 0 radical (unpaired) electrons. The molecule has 0 aliphatic rings. The Hall–Kier alpha value is -1.68. The standard InChI is InChI=1S/C16H22O4/c1-4-19-10-9-14(17)11-16(18)13-5-7-15(8-6-13)20-12(2)3/h5-8,12H,4,9-11H2,1-3H3. The maximum Gasteiger partial charge on any atom is 0.170 e. The highest BCUT2D eigenvalue weighted by Crippen LogP contribution is 2.15. The van der Waals surface area contributed by atoms with Crippen LogP contribution in [0.15, 0.2) is 24.3 Å². The van der Waals surface area contributed by atoms with Crippen molar-refractivity contribution in [2.24, 2.45) is 0 Å². The van der Waals surface area contributed by atoms with Gasteiger partial charge in [-0.2, -0.15) is 0 Å². The van der Waals surface area contributed by atoms with Gasteiger partial charge >= 0.3 is 0 Å². The first-order valence-corrected chi connectivity index (χ1v) is 6.92. The van der Waals surface area contributed by atoms with Crippen LogP contribution in [0.3, 0.4) is 0 Å². The number of benzene rings is 1. The summed E-state index contributed by atoms with van der Waals surface area (Å²) in [6.45, 7) is 6.71. The van der Waals surface area contributed by atoms with Crippen LogP contribution in [0.25, 0.3) is 0 Å². The predicted octanol–water partition coefficient (Wildman–Crippen LogP) is 3.04. The van der Waals surface area contributed by atoms with Crippen molar-refractivity contribution in [1.82, 2.24) is 0 Å². The van der Waals surface area contributed by atoms with Gasteiger partial charge in [-0.05, 0) is 45.0 Å². The Morgan fingerprint density at radius 3 is 2.35 bits per heavy atom. The fourth-order valence-electron chi connectivity index (χ4n) is 1.69. The number of rotatable bonds is 9. The Bertz CT molecular complexity index is 434. The minimum atomic E-state index is -0.164. The average molecular weight is 278 g/mol. The zero-order valence-electron chi connectivity index (χ0n) is 12.3. The second-order valence-electron chi connectivity index (χ2n) is 4.78. The molecule has 4 nitrogen and oxygen atoms in total. The SMILES string of the molecule is CCOCCC(=O)CC(=O)c1ccc(OC(C)C)cc1. The van der Waals surface area contributed by atoms with E-state index in [1.54, 1.807) is 24.3 Å². The van der Waals surface area contributed by atoms with Crippen molar-refractivity contribution in [2.75, 3.05) is 13.2 Å². The Morgan fingerprint density at radius 1 is 1.15 bits per heavy atom. The van der Waals surface area contributed by atoms with Gasteiger partial charge in [-0.25, -0.2) is 0 Å². The number of carbonyl (C=O) groups is 2. The number of hydrogen-bond acceptors (Lipinski definition) is 4. The summed E-state index contributed by atoms with van der Waals surface area (Å²) in [5.41, 5.74) is 0.533. The van der Waals surface area contributed by atoms with E-state index in [9.17, 15) is 9.59 Å². The third kappa shape index (κ3) is 5.97. The molecule has 0 saturated carbocycles. The van der Waals surface area contributed by atoms with Crippen molar-refractivity contribution in [3.63, 3.8) is 0 Å². The third-order valence-corrected chi connectivity index (χ3v) is 2.64. The number of hydrogen-bond donors (Lipinski definition) is 0. The molecule has 0 amide bonds. The lowest BCUT2D eigenvalue weighted by atomic mass is 10.0. The predicted molar refractivity (Wildman–Crippen MR) is 77.3 cm³/mol. The summed E-state index contributed by atoms with van der Waals surface area (Å²) in [5.74, 6) is 0.466. The summed E-state index contributed by atoms with van der Waals surface area (Å²) in [6, 6.07) is 6.88. The minimum Gasteiger partial charge on any atom is -0.491 e. The molecule has 0 N–H and O–H groups in total. The summed E-state index contributed by atoms with van der Waals surface area (Å²) >= 11 is 0. The number of Topliss-reactive ketones (excluding diaryl/α,β-unsaturated/α-hetero) is 2. The van der Waals surface area contributed by atoms with Crippen LogP contribution in [0.1, 0.15) is 44.0 Å². The van der Waals surface area contributed by atoms with E-state index in [-0.39, 0.29) is 30.5 Å². The summed E-state index contributed by atoms with van der Waals surface area (Å²) in [7, 11) is 0. The zero-order valence-corrected chi connectivity index (χ0v) is 12.3. The smallest absolute Gasteiger partial charge is 0.170 e. The number of ketones is 2. The van der Waals surface area contributed by atoms with Gasteiger partial charge in [-0.15, -0.1) is 0 Å². The first kappa shape index (κ1) is 16.4. The molecule has 0 fully saturated rings. The van der Waals surface area contributed by atoms with Crippen molar-refractivity contribution in [3.05, 3.63) is 29.8 Å². The van der Waals surface area contributed by atoms with Gasteiger partial charge in [0.05, 0.1) is 19.1 Å². The molecule has 0 saturated heterocycles. The van der Waals surface area contributed by atoms with Crippen LogP contribution in [0.5, 0.6) is 5.75 Å². The molecule has 0 aromatic heterocycles. The van der Waals surface area contributed by atoms with Gasteiger partial charge in [-0.3, -0.25) is 9.59 Å². The topological polar surface area (TPSA) is 52.6 Å². The van der Waals surface area contributed by atoms with Crippen LogP contribution in [-0.2, 0) is 9.53 Å². The Labute approximate surface area is 120 Å². The number of ether oxygens (including phenoxy) is 2. The fourth-order valence-corrected chi connectivity index (χ4v) is 1.69. The summed E-state index contributed by atoms with van der Waals surface area (Å²) in [4.78, 5) is 23.5. The van der Waals surface area contributed by atoms with E-state index in [4.69, 9.17) is 9.47 Å². The van der Waals surface area contributed by atoms with E-state index < -0.39 is 0 Å². The maximum atomic E-state index is 11.9. The molecular weight excluding hydrogens is 256 g/mol. The zero-order chi connectivity index (χ0) is 15.0. The summed E-state index contributed by atoms with van der Waals surface area (Å²) < 4.78 is 10.6. The lowest BCUT2D eigenvalue weighted by molar-refractivity contribution is -0.119. The molecule has 0 aliphatic heterocycles. The van der Waals surface area contributed by atoms with Crippen molar-refractivity contribution in [1.29, 1.82) is 0 Å². The van der Waals surface area contributed by atoms with Crippen LogP contribution in [-0.4, -0.2) is 30.9 Å². The lowest BCUT2D eigenvalue weighted by Gasteiger charge is -2.09. The van der Waals surface area contributed by atoms with Crippen LogP contribution >= 0.6 is 0 Å². The molecule has 0 spiro atoms. The molecule has 110 valence electrons. The highest BCUT2D eigenvalue weighted by molar-refractivity contribution is 6.07. The Kier molecular flexibility index (Phi) is 6.94. The highest BCUT2D eigenvalue weighted by Gasteiger charge is 2.12. The van der Waals surface area contributed by atoms with E-state index in [0.717, 1.165) is 5.75 Å². The van der Waals surface area contributed by atoms with Gasteiger partial charge in [0.2, 0.25) is 0 Å². The monoisotopic (exact) mass is 278 g/mol.